The molecule has 0 aromatic heterocycles. The molecule has 0 bridgehead atoms. The van der Waals surface area contributed by atoms with E-state index >= 15 is 0 Å². The van der Waals surface area contributed by atoms with Gasteiger partial charge in [0.2, 0.25) is 0 Å². The maximum absolute atomic E-state index is 14.0. The normalized spacial score (nSPS) is 21.6. The van der Waals surface area contributed by atoms with E-state index in [0.29, 0.717) is 6.10 Å². The first kappa shape index (κ1) is 22.9. The van der Waals surface area contributed by atoms with Crippen LogP contribution in [0.15, 0.2) is 23.2 Å². The fourth-order valence-corrected chi connectivity index (χ4v) is 3.98. The topological polar surface area (TPSA) is 58.1 Å². The Morgan fingerprint density at radius 2 is 2.00 bits per heavy atom. The van der Waals surface area contributed by atoms with Crippen LogP contribution in [0, 0.1) is 11.6 Å². The van der Waals surface area contributed by atoms with Crippen molar-refractivity contribution in [2.75, 3.05) is 46.5 Å². The molecule has 0 spiro atoms. The average molecular weight is 425 g/mol. The molecule has 1 aromatic rings. The van der Waals surface area contributed by atoms with E-state index in [1.165, 1.54) is 18.2 Å². The Labute approximate surface area is 178 Å². The highest BCUT2D eigenvalue weighted by Crippen LogP contribution is 2.18. The first-order chi connectivity index (χ1) is 14.7. The molecular formula is C22H34F2N4O2. The van der Waals surface area contributed by atoms with E-state index in [4.69, 9.17) is 9.47 Å². The highest BCUT2D eigenvalue weighted by molar-refractivity contribution is 5.79. The third-order valence-electron chi connectivity index (χ3n) is 5.65. The first-order valence-corrected chi connectivity index (χ1v) is 11.0. The smallest absolute Gasteiger partial charge is 0.191 e. The van der Waals surface area contributed by atoms with Crippen molar-refractivity contribution in [1.29, 1.82) is 0 Å². The second-order valence-corrected chi connectivity index (χ2v) is 7.95. The summed E-state index contributed by atoms with van der Waals surface area (Å²) in [5, 5.41) is 6.78. The molecule has 1 atom stereocenters. The molecule has 168 valence electrons. The van der Waals surface area contributed by atoms with Gasteiger partial charge in [-0.3, -0.25) is 9.89 Å². The van der Waals surface area contributed by atoms with Crippen LogP contribution in [0.3, 0.4) is 0 Å². The minimum atomic E-state index is -0.481. The van der Waals surface area contributed by atoms with Gasteiger partial charge in [-0.2, -0.15) is 0 Å². The molecule has 2 aliphatic rings. The highest BCUT2D eigenvalue weighted by Gasteiger charge is 2.22. The predicted molar refractivity (Wildman–Crippen MR) is 114 cm³/mol. The number of aliphatic imine (C=N–C) groups is 1. The van der Waals surface area contributed by atoms with Crippen LogP contribution in [0.1, 0.15) is 37.7 Å². The number of piperidine rings is 1. The Balaban J connectivity index is 1.37. The number of nitrogens with zero attached hydrogens (tertiary/aromatic N) is 2. The van der Waals surface area contributed by atoms with Crippen molar-refractivity contribution >= 4 is 5.96 Å². The fraction of sp³-hybridized carbons (Fsp3) is 0.682. The van der Waals surface area contributed by atoms with Gasteiger partial charge < -0.3 is 20.1 Å². The number of rotatable bonds is 8. The lowest BCUT2D eigenvalue weighted by Gasteiger charge is -2.34. The number of likely N-dealkylation sites (tertiary alicyclic amines) is 1. The van der Waals surface area contributed by atoms with E-state index in [-0.39, 0.29) is 18.2 Å². The summed E-state index contributed by atoms with van der Waals surface area (Å²) in [4.78, 5) is 6.40. The van der Waals surface area contributed by atoms with Gasteiger partial charge in [-0.25, -0.2) is 8.78 Å². The quantitative estimate of drug-likeness (QED) is 0.382. The van der Waals surface area contributed by atoms with Gasteiger partial charge in [-0.15, -0.1) is 0 Å². The van der Waals surface area contributed by atoms with E-state index in [2.05, 4.69) is 20.5 Å². The number of hydrogen-bond acceptors (Lipinski definition) is 4. The average Bonchev–Trinajstić information content (AvgIpc) is 2.76. The largest absolute Gasteiger partial charge is 0.381 e. The number of halogens is 2. The van der Waals surface area contributed by atoms with Gasteiger partial charge in [0.05, 0.1) is 6.10 Å². The predicted octanol–water partition coefficient (Wildman–Crippen LogP) is 2.68. The molecule has 2 fully saturated rings. The standard InChI is InChI=1S/C22H34F2N4O2/c1-25-22(26-10-4-12-30-18-8-13-29-14-9-18)27-17-5-3-11-28(15-17)16-19-20(23)6-2-7-21(19)24/h2,6-7,17-18H,3-5,8-16H2,1H3,(H2,25,26,27). The van der Waals surface area contributed by atoms with Crippen LogP contribution < -0.4 is 10.6 Å². The number of guanidine groups is 1. The molecule has 0 saturated carbocycles. The molecule has 6 nitrogen and oxygen atoms in total. The van der Waals surface area contributed by atoms with Crippen LogP contribution in [0.25, 0.3) is 0 Å². The van der Waals surface area contributed by atoms with Crippen molar-refractivity contribution in [3.05, 3.63) is 35.4 Å². The molecule has 1 aromatic carbocycles. The van der Waals surface area contributed by atoms with Crippen molar-refractivity contribution in [1.82, 2.24) is 15.5 Å². The molecule has 0 amide bonds. The van der Waals surface area contributed by atoms with Crippen molar-refractivity contribution in [3.8, 4) is 0 Å². The van der Waals surface area contributed by atoms with Gasteiger partial charge in [0.15, 0.2) is 5.96 Å². The lowest BCUT2D eigenvalue weighted by molar-refractivity contribution is -0.0320. The van der Waals surface area contributed by atoms with Crippen molar-refractivity contribution in [2.45, 2.75) is 50.8 Å². The minimum absolute atomic E-state index is 0.144. The molecule has 3 rings (SSSR count). The summed E-state index contributed by atoms with van der Waals surface area (Å²) >= 11 is 0. The van der Waals surface area contributed by atoms with E-state index in [1.807, 2.05) is 0 Å². The molecule has 2 saturated heterocycles. The summed E-state index contributed by atoms with van der Waals surface area (Å²) in [6.45, 7) is 4.93. The Hall–Kier alpha value is -1.77. The summed E-state index contributed by atoms with van der Waals surface area (Å²) in [7, 11) is 1.75. The molecule has 1 unspecified atom stereocenters. The second-order valence-electron chi connectivity index (χ2n) is 7.95. The van der Waals surface area contributed by atoms with Crippen LogP contribution in [-0.2, 0) is 16.0 Å². The van der Waals surface area contributed by atoms with Gasteiger partial charge in [-0.05, 0) is 50.8 Å². The third-order valence-corrected chi connectivity index (χ3v) is 5.65. The van der Waals surface area contributed by atoms with Crippen LogP contribution >= 0.6 is 0 Å². The van der Waals surface area contributed by atoms with Crippen LogP contribution in [0.5, 0.6) is 0 Å². The van der Waals surface area contributed by atoms with Gasteiger partial charge in [0, 0.05) is 58.1 Å². The van der Waals surface area contributed by atoms with Crippen LogP contribution in [-0.4, -0.2) is 69.5 Å². The summed E-state index contributed by atoms with van der Waals surface area (Å²) < 4.78 is 39.2. The summed E-state index contributed by atoms with van der Waals surface area (Å²) in [5.74, 6) is -0.207. The first-order valence-electron chi connectivity index (χ1n) is 11.0. The van der Waals surface area contributed by atoms with Gasteiger partial charge in [0.25, 0.3) is 0 Å². The maximum atomic E-state index is 14.0. The number of ether oxygens (including phenoxy) is 2. The van der Waals surface area contributed by atoms with Crippen molar-refractivity contribution in [3.63, 3.8) is 0 Å². The Morgan fingerprint density at radius 1 is 1.23 bits per heavy atom. The third kappa shape index (κ3) is 7.18. The lowest BCUT2D eigenvalue weighted by Crippen LogP contribution is -2.51. The Morgan fingerprint density at radius 3 is 2.73 bits per heavy atom. The SMILES string of the molecule is CN=C(NCCCOC1CCOCC1)NC1CCCN(Cc2c(F)cccc2F)C1. The molecule has 2 heterocycles. The van der Waals surface area contributed by atoms with Gasteiger partial charge in [0.1, 0.15) is 11.6 Å². The summed E-state index contributed by atoms with van der Waals surface area (Å²) in [6.07, 6.45) is 5.16. The van der Waals surface area contributed by atoms with E-state index in [1.54, 1.807) is 7.05 Å². The number of nitrogens with one attached hydrogen (secondary N) is 2. The molecule has 2 N–H and O–H groups in total. The van der Waals surface area contributed by atoms with Crippen molar-refractivity contribution < 1.29 is 18.3 Å². The molecule has 30 heavy (non-hydrogen) atoms. The zero-order valence-corrected chi connectivity index (χ0v) is 17.8. The monoisotopic (exact) mass is 424 g/mol. The van der Waals surface area contributed by atoms with Crippen molar-refractivity contribution in [2.24, 2.45) is 4.99 Å². The molecule has 2 aliphatic heterocycles. The summed E-state index contributed by atoms with van der Waals surface area (Å²) in [6, 6.07) is 4.22. The highest BCUT2D eigenvalue weighted by atomic mass is 19.1. The molecule has 0 aliphatic carbocycles. The number of hydrogen-bond donors (Lipinski definition) is 2. The molecule has 8 heteroatoms. The van der Waals surface area contributed by atoms with Gasteiger partial charge >= 0.3 is 0 Å². The summed E-state index contributed by atoms with van der Waals surface area (Å²) in [5.41, 5.74) is 0.144. The molecule has 0 radical (unpaired) electrons. The Kier molecular flexibility index (Phi) is 9.29. The number of benzene rings is 1. The Bertz CT molecular complexity index is 663. The van der Waals surface area contributed by atoms with Gasteiger partial charge in [-0.1, -0.05) is 6.07 Å². The maximum Gasteiger partial charge on any atom is 0.191 e. The van der Waals surface area contributed by atoms with E-state index in [9.17, 15) is 8.78 Å². The molecular weight excluding hydrogens is 390 g/mol. The lowest BCUT2D eigenvalue weighted by atomic mass is 10.0. The zero-order valence-electron chi connectivity index (χ0n) is 17.8. The van der Waals surface area contributed by atoms with Crippen LogP contribution in [0.2, 0.25) is 0 Å². The zero-order chi connectivity index (χ0) is 21.2. The second kappa shape index (κ2) is 12.2. The van der Waals surface area contributed by atoms with E-state index < -0.39 is 11.6 Å². The minimum Gasteiger partial charge on any atom is -0.381 e. The van der Waals surface area contributed by atoms with E-state index in [0.717, 1.165) is 77.5 Å². The van der Waals surface area contributed by atoms with Crippen LogP contribution in [0.4, 0.5) is 8.78 Å². The fourth-order valence-electron chi connectivity index (χ4n) is 3.98.